The summed E-state index contributed by atoms with van der Waals surface area (Å²) in [4.78, 5) is 24.4. The van der Waals surface area contributed by atoms with Gasteiger partial charge in [-0.25, -0.2) is 9.59 Å². The molecule has 104 valence electrons. The number of thiophene rings is 1. The second kappa shape index (κ2) is 7.58. The summed E-state index contributed by atoms with van der Waals surface area (Å²) in [7, 11) is 0. The minimum absolute atomic E-state index is 0.144. The number of hydrogen-bond acceptors (Lipinski definition) is 6. The lowest BCUT2D eigenvalue weighted by Crippen LogP contribution is -2.19. The summed E-state index contributed by atoms with van der Waals surface area (Å²) >= 11 is 1.52. The number of carbonyl (C=O) groups excluding carboxylic acids is 2. The summed E-state index contributed by atoms with van der Waals surface area (Å²) < 4.78 is 9.64. The largest absolute Gasteiger partial charge is 0.462 e. The Bertz CT molecular complexity index is 459. The Morgan fingerprint density at radius 3 is 2.21 bits per heavy atom. The molecule has 0 aliphatic carbocycles. The second-order valence-corrected chi connectivity index (χ2v) is 4.84. The Kier molecular flexibility index (Phi) is 6.08. The van der Waals surface area contributed by atoms with Gasteiger partial charge in [0.1, 0.15) is 0 Å². The zero-order valence-electron chi connectivity index (χ0n) is 11.2. The molecule has 1 heterocycles. The highest BCUT2D eigenvalue weighted by molar-refractivity contribution is 7.16. The lowest BCUT2D eigenvalue weighted by atomic mass is 10.3. The van der Waals surface area contributed by atoms with E-state index >= 15 is 0 Å². The molecule has 0 bridgehead atoms. The van der Waals surface area contributed by atoms with Gasteiger partial charge in [-0.3, -0.25) is 0 Å². The maximum Gasteiger partial charge on any atom is 0.347 e. The van der Waals surface area contributed by atoms with Crippen molar-refractivity contribution in [2.24, 2.45) is 0 Å². The molecule has 0 aliphatic rings. The second-order valence-electron chi connectivity index (χ2n) is 3.55. The fourth-order valence-electron chi connectivity index (χ4n) is 1.27. The smallest absolute Gasteiger partial charge is 0.347 e. The maximum atomic E-state index is 11.7. The molecule has 0 atom stereocenters. The topological polar surface area (TPSA) is 64.6 Å². The fourth-order valence-corrected chi connectivity index (χ4v) is 2.01. The molecule has 0 fully saturated rings. The van der Waals surface area contributed by atoms with Gasteiger partial charge in [-0.2, -0.15) is 0 Å². The van der Waals surface area contributed by atoms with Crippen molar-refractivity contribution in [1.82, 2.24) is 0 Å². The Balaban J connectivity index is 2.82. The van der Waals surface area contributed by atoms with E-state index < -0.39 is 11.9 Å². The minimum atomic E-state index is -0.693. The van der Waals surface area contributed by atoms with Crippen LogP contribution >= 0.6 is 11.3 Å². The van der Waals surface area contributed by atoms with Crippen LogP contribution in [0, 0.1) is 6.92 Å². The van der Waals surface area contributed by atoms with Crippen LogP contribution in [0.15, 0.2) is 23.9 Å². The Labute approximate surface area is 116 Å². The SMILES string of the molecule is CCOC(=O)C(=CNc1ccc(C)s1)C(=O)OCC. The highest BCUT2D eigenvalue weighted by Gasteiger charge is 2.20. The van der Waals surface area contributed by atoms with E-state index in [1.165, 1.54) is 17.5 Å². The predicted molar refractivity (Wildman–Crippen MR) is 74.0 cm³/mol. The van der Waals surface area contributed by atoms with E-state index in [0.717, 1.165) is 9.88 Å². The van der Waals surface area contributed by atoms with Crippen LogP contribution in [0.4, 0.5) is 5.00 Å². The highest BCUT2D eigenvalue weighted by atomic mass is 32.1. The van der Waals surface area contributed by atoms with Crippen LogP contribution in [0.3, 0.4) is 0 Å². The molecule has 0 spiro atoms. The van der Waals surface area contributed by atoms with Crippen molar-refractivity contribution in [3.63, 3.8) is 0 Å². The van der Waals surface area contributed by atoms with Crippen LogP contribution in [0.5, 0.6) is 0 Å². The molecule has 0 saturated carbocycles. The number of aryl methyl sites for hydroxylation is 1. The van der Waals surface area contributed by atoms with Gasteiger partial charge in [0.25, 0.3) is 0 Å². The summed E-state index contributed by atoms with van der Waals surface area (Å²) in [5, 5.41) is 3.74. The van der Waals surface area contributed by atoms with Gasteiger partial charge >= 0.3 is 11.9 Å². The van der Waals surface area contributed by atoms with Crippen molar-refractivity contribution in [3.05, 3.63) is 28.8 Å². The van der Waals surface area contributed by atoms with Crippen LogP contribution in [0.25, 0.3) is 0 Å². The standard InChI is InChI=1S/C13H17NO4S/c1-4-17-12(15)10(13(16)18-5-2)8-14-11-7-6-9(3)19-11/h6-8,14H,4-5H2,1-3H3. The van der Waals surface area contributed by atoms with Crippen molar-refractivity contribution >= 4 is 28.3 Å². The third kappa shape index (κ3) is 4.75. The van der Waals surface area contributed by atoms with E-state index in [-0.39, 0.29) is 18.8 Å². The van der Waals surface area contributed by atoms with Crippen molar-refractivity contribution in [2.75, 3.05) is 18.5 Å². The van der Waals surface area contributed by atoms with Gasteiger partial charge < -0.3 is 14.8 Å². The minimum Gasteiger partial charge on any atom is -0.462 e. The number of anilines is 1. The van der Waals surface area contributed by atoms with Gasteiger partial charge in [-0.05, 0) is 32.9 Å². The van der Waals surface area contributed by atoms with E-state index in [0.29, 0.717) is 0 Å². The number of ether oxygens (including phenoxy) is 2. The van der Waals surface area contributed by atoms with E-state index in [1.807, 2.05) is 19.1 Å². The quantitative estimate of drug-likeness (QED) is 0.376. The van der Waals surface area contributed by atoms with E-state index in [2.05, 4.69) is 5.32 Å². The summed E-state index contributed by atoms with van der Waals surface area (Å²) in [6.45, 7) is 5.73. The number of rotatable bonds is 6. The molecule has 1 aromatic rings. The molecule has 5 nitrogen and oxygen atoms in total. The number of carbonyl (C=O) groups is 2. The Morgan fingerprint density at radius 2 is 1.79 bits per heavy atom. The van der Waals surface area contributed by atoms with Crippen molar-refractivity contribution in [2.45, 2.75) is 20.8 Å². The predicted octanol–water partition coefficient (Wildman–Crippen LogP) is 2.48. The van der Waals surface area contributed by atoms with Crippen molar-refractivity contribution in [1.29, 1.82) is 0 Å². The normalized spacial score (nSPS) is 9.63. The monoisotopic (exact) mass is 283 g/mol. The molecule has 1 aromatic heterocycles. The van der Waals surface area contributed by atoms with Gasteiger partial charge in [0.15, 0.2) is 5.57 Å². The summed E-state index contributed by atoms with van der Waals surface area (Å²) in [5.74, 6) is -1.39. The molecule has 0 unspecified atom stereocenters. The molecular weight excluding hydrogens is 266 g/mol. The van der Waals surface area contributed by atoms with E-state index in [1.54, 1.807) is 13.8 Å². The molecule has 6 heteroatoms. The zero-order valence-corrected chi connectivity index (χ0v) is 12.0. The lowest BCUT2D eigenvalue weighted by Gasteiger charge is -2.06. The highest BCUT2D eigenvalue weighted by Crippen LogP contribution is 2.21. The molecule has 1 N–H and O–H groups in total. The number of nitrogens with one attached hydrogen (secondary N) is 1. The first-order chi connectivity index (χ1) is 9.08. The molecule has 0 aromatic carbocycles. The van der Waals surface area contributed by atoms with Crippen LogP contribution in [-0.2, 0) is 19.1 Å². The lowest BCUT2D eigenvalue weighted by molar-refractivity contribution is -0.146. The molecular formula is C13H17NO4S. The van der Waals surface area contributed by atoms with Crippen LogP contribution in [0.2, 0.25) is 0 Å². The molecule has 0 aliphatic heterocycles. The first kappa shape index (κ1) is 15.2. The molecule has 0 saturated heterocycles. The van der Waals surface area contributed by atoms with Crippen molar-refractivity contribution < 1.29 is 19.1 Å². The molecule has 0 radical (unpaired) electrons. The van der Waals surface area contributed by atoms with Gasteiger partial charge in [0.2, 0.25) is 0 Å². The number of esters is 2. The third-order valence-corrected chi connectivity index (χ3v) is 3.02. The molecule has 0 amide bonds. The fraction of sp³-hybridized carbons (Fsp3) is 0.385. The van der Waals surface area contributed by atoms with E-state index in [9.17, 15) is 9.59 Å². The average Bonchev–Trinajstić information content (AvgIpc) is 2.76. The first-order valence-electron chi connectivity index (χ1n) is 5.95. The third-order valence-electron chi connectivity index (χ3n) is 2.09. The average molecular weight is 283 g/mol. The van der Waals surface area contributed by atoms with Gasteiger partial charge in [0, 0.05) is 11.1 Å². The summed E-state index contributed by atoms with van der Waals surface area (Å²) in [6, 6.07) is 3.81. The summed E-state index contributed by atoms with van der Waals surface area (Å²) in [5.41, 5.74) is -0.144. The van der Waals surface area contributed by atoms with Gasteiger partial charge in [-0.1, -0.05) is 0 Å². The van der Waals surface area contributed by atoms with Crippen LogP contribution < -0.4 is 5.32 Å². The summed E-state index contributed by atoms with van der Waals surface area (Å²) in [6.07, 6.45) is 1.32. The number of hydrogen-bond donors (Lipinski definition) is 1. The van der Waals surface area contributed by atoms with Crippen LogP contribution in [-0.4, -0.2) is 25.2 Å². The van der Waals surface area contributed by atoms with Gasteiger partial charge in [0.05, 0.1) is 18.2 Å². The van der Waals surface area contributed by atoms with Gasteiger partial charge in [-0.15, -0.1) is 11.3 Å². The maximum absolute atomic E-state index is 11.7. The zero-order chi connectivity index (χ0) is 14.3. The Hall–Kier alpha value is -1.82. The Morgan fingerprint density at radius 1 is 1.21 bits per heavy atom. The molecule has 1 rings (SSSR count). The van der Waals surface area contributed by atoms with Crippen LogP contribution in [0.1, 0.15) is 18.7 Å². The first-order valence-corrected chi connectivity index (χ1v) is 6.77. The van der Waals surface area contributed by atoms with Crippen molar-refractivity contribution in [3.8, 4) is 0 Å². The van der Waals surface area contributed by atoms with E-state index in [4.69, 9.17) is 9.47 Å². The molecule has 19 heavy (non-hydrogen) atoms.